The van der Waals surface area contributed by atoms with E-state index in [1.807, 2.05) is 0 Å². The van der Waals surface area contributed by atoms with Crippen molar-refractivity contribution in [3.8, 4) is 0 Å². The van der Waals surface area contributed by atoms with Crippen LogP contribution < -0.4 is 10.2 Å². The number of carbonyl (C=O) groups excluding carboxylic acids is 2. The van der Waals surface area contributed by atoms with Gasteiger partial charge in [0.2, 0.25) is 0 Å². The smallest absolute Gasteiger partial charge is 0.420 e. The molecule has 0 saturated carbocycles. The number of hydrogen-bond acceptors (Lipinski definition) is 4. The molecule has 0 radical (unpaired) electrons. The maximum Gasteiger partial charge on any atom is 0.420 e. The largest absolute Gasteiger partial charge is 0.457 e. The van der Waals surface area contributed by atoms with Crippen LogP contribution >= 0.6 is 11.8 Å². The van der Waals surface area contributed by atoms with Gasteiger partial charge in [-0.05, 0) is 30.2 Å². The van der Waals surface area contributed by atoms with Crippen molar-refractivity contribution in [2.75, 3.05) is 4.90 Å². The van der Waals surface area contributed by atoms with E-state index in [4.69, 9.17) is 4.74 Å². The number of alkyl halides is 3. The van der Waals surface area contributed by atoms with Crippen LogP contribution in [0.5, 0.6) is 0 Å². The van der Waals surface area contributed by atoms with Gasteiger partial charge in [-0.2, -0.15) is 13.2 Å². The number of para-hydroxylation sites is 1. The maximum absolute atomic E-state index is 15.0. The molecule has 3 aromatic carbocycles. The van der Waals surface area contributed by atoms with Crippen LogP contribution in [0.25, 0.3) is 0 Å². The monoisotopic (exact) mass is 496 g/mol. The molecule has 178 valence electrons. The number of rotatable bonds is 4. The second kappa shape index (κ2) is 8.49. The van der Waals surface area contributed by atoms with Crippen molar-refractivity contribution in [1.82, 2.24) is 5.32 Å². The van der Waals surface area contributed by atoms with Crippen molar-refractivity contribution in [2.45, 2.75) is 30.1 Å². The van der Waals surface area contributed by atoms with Gasteiger partial charge in [0.1, 0.15) is 17.2 Å². The molecule has 2 heterocycles. The molecule has 0 bridgehead atoms. The molecule has 5 nitrogen and oxygen atoms in total. The first-order chi connectivity index (χ1) is 16.7. The highest BCUT2D eigenvalue weighted by molar-refractivity contribution is 8.03. The summed E-state index contributed by atoms with van der Waals surface area (Å²) >= 11 is 0.942. The van der Waals surface area contributed by atoms with Crippen molar-refractivity contribution in [2.24, 2.45) is 0 Å². The SMILES string of the molecule is Cc1ccc(C2(C(F)(F)F)NC(=O)N3C(=C2C(=O)OCc2ccccc2)Sc2ccccc23)cc1. The third kappa shape index (κ3) is 3.76. The van der Waals surface area contributed by atoms with Gasteiger partial charge in [-0.1, -0.05) is 84.1 Å². The van der Waals surface area contributed by atoms with Crippen molar-refractivity contribution >= 4 is 29.4 Å². The van der Waals surface area contributed by atoms with Crippen LogP contribution in [0.3, 0.4) is 0 Å². The first-order valence-corrected chi connectivity index (χ1v) is 11.5. The molecule has 1 N–H and O–H groups in total. The lowest BCUT2D eigenvalue weighted by molar-refractivity contribution is -0.190. The Morgan fingerprint density at radius 2 is 1.66 bits per heavy atom. The number of nitrogens with one attached hydrogen (secondary N) is 1. The van der Waals surface area contributed by atoms with Gasteiger partial charge in [0.25, 0.3) is 0 Å². The van der Waals surface area contributed by atoms with Gasteiger partial charge >= 0.3 is 18.2 Å². The molecule has 2 aliphatic rings. The molecule has 3 aromatic rings. The minimum absolute atomic E-state index is 0.120. The molecule has 1 atom stereocenters. The minimum Gasteiger partial charge on any atom is -0.457 e. The number of amides is 2. The number of halogens is 3. The van der Waals surface area contributed by atoms with Crippen LogP contribution in [0.4, 0.5) is 23.7 Å². The molecule has 2 aliphatic heterocycles. The Balaban J connectivity index is 1.71. The molecule has 0 aliphatic carbocycles. The summed E-state index contributed by atoms with van der Waals surface area (Å²) in [5.74, 6) is -1.16. The summed E-state index contributed by atoms with van der Waals surface area (Å²) in [5, 5.41) is 2.02. The number of urea groups is 1. The van der Waals surface area contributed by atoms with Crippen molar-refractivity contribution in [3.63, 3.8) is 0 Å². The standard InChI is InChI=1S/C26H19F3N2O3S/c1-16-11-13-18(14-12-16)25(26(27,28)29)21(23(32)34-15-17-7-3-2-4-8-17)22-31(24(33)30-25)19-9-5-6-10-20(19)35-22/h2-14H,15H2,1H3,(H,30,33). The fraction of sp³-hybridized carbons (Fsp3) is 0.154. The third-order valence-electron chi connectivity index (χ3n) is 5.93. The predicted octanol–water partition coefficient (Wildman–Crippen LogP) is 6.04. The highest BCUT2D eigenvalue weighted by Crippen LogP contribution is 2.56. The summed E-state index contributed by atoms with van der Waals surface area (Å²) in [6.45, 7) is 1.52. The van der Waals surface area contributed by atoms with Gasteiger partial charge in [0.05, 0.1) is 5.69 Å². The molecular weight excluding hydrogens is 477 g/mol. The average molecular weight is 497 g/mol. The summed E-state index contributed by atoms with van der Waals surface area (Å²) in [6.07, 6.45) is -5.05. The third-order valence-corrected chi connectivity index (χ3v) is 7.07. The minimum atomic E-state index is -5.05. The molecule has 1 unspecified atom stereocenters. The van der Waals surface area contributed by atoms with Crippen LogP contribution in [-0.4, -0.2) is 18.2 Å². The van der Waals surface area contributed by atoms with E-state index in [9.17, 15) is 9.59 Å². The van der Waals surface area contributed by atoms with Gasteiger partial charge in [-0.15, -0.1) is 0 Å². The number of nitrogens with zero attached hydrogens (tertiary/aromatic N) is 1. The fourth-order valence-corrected chi connectivity index (χ4v) is 5.45. The Morgan fingerprint density at radius 3 is 2.34 bits per heavy atom. The number of hydrogen-bond donors (Lipinski definition) is 1. The van der Waals surface area contributed by atoms with E-state index >= 15 is 13.2 Å². The van der Waals surface area contributed by atoms with Gasteiger partial charge < -0.3 is 10.1 Å². The molecule has 9 heteroatoms. The topological polar surface area (TPSA) is 58.6 Å². The van der Waals surface area contributed by atoms with E-state index in [0.717, 1.165) is 22.2 Å². The van der Waals surface area contributed by atoms with Gasteiger partial charge in [-0.3, -0.25) is 4.90 Å². The van der Waals surface area contributed by atoms with Gasteiger partial charge in [0.15, 0.2) is 5.54 Å². The zero-order valence-corrected chi connectivity index (χ0v) is 19.2. The Labute approximate surface area is 203 Å². The Morgan fingerprint density at radius 1 is 1.00 bits per heavy atom. The number of anilines is 1. The summed E-state index contributed by atoms with van der Waals surface area (Å²) in [4.78, 5) is 28.4. The quantitative estimate of drug-likeness (QED) is 0.447. The number of aryl methyl sites for hydroxylation is 1. The van der Waals surface area contributed by atoms with E-state index in [0.29, 0.717) is 16.1 Å². The van der Waals surface area contributed by atoms with Crippen LogP contribution in [0.2, 0.25) is 0 Å². The summed E-state index contributed by atoms with van der Waals surface area (Å²) in [6, 6.07) is 20.0. The number of benzene rings is 3. The zero-order chi connectivity index (χ0) is 24.8. The lowest BCUT2D eigenvalue weighted by Gasteiger charge is -2.43. The van der Waals surface area contributed by atoms with Gasteiger partial charge in [0, 0.05) is 4.90 Å². The first kappa shape index (κ1) is 23.0. The van der Waals surface area contributed by atoms with Crippen molar-refractivity contribution < 1.29 is 27.5 Å². The predicted molar refractivity (Wildman–Crippen MR) is 125 cm³/mol. The molecular formula is C26H19F3N2O3S. The molecule has 0 saturated heterocycles. The van der Waals surface area contributed by atoms with E-state index in [-0.39, 0.29) is 17.2 Å². The van der Waals surface area contributed by atoms with Crippen LogP contribution in [0.15, 0.2) is 94.4 Å². The highest BCUT2D eigenvalue weighted by atomic mass is 32.2. The molecule has 5 rings (SSSR count). The molecule has 0 aromatic heterocycles. The second-order valence-electron chi connectivity index (χ2n) is 8.19. The lowest BCUT2D eigenvalue weighted by Crippen LogP contribution is -2.64. The van der Waals surface area contributed by atoms with Crippen LogP contribution in [-0.2, 0) is 21.7 Å². The van der Waals surface area contributed by atoms with Gasteiger partial charge in [-0.25, -0.2) is 9.59 Å². The maximum atomic E-state index is 15.0. The Hall–Kier alpha value is -3.72. The number of fused-ring (bicyclic) bond motifs is 3. The molecule has 2 amide bonds. The number of carbonyl (C=O) groups is 2. The van der Waals surface area contributed by atoms with Crippen molar-refractivity contribution in [3.05, 3.63) is 106 Å². The summed E-state index contributed by atoms with van der Waals surface area (Å²) < 4.78 is 50.5. The average Bonchev–Trinajstić information content (AvgIpc) is 3.22. The van der Waals surface area contributed by atoms with E-state index in [1.165, 1.54) is 24.3 Å². The molecule has 35 heavy (non-hydrogen) atoms. The number of thioether (sulfide) groups is 1. The first-order valence-electron chi connectivity index (χ1n) is 10.7. The Kier molecular flexibility index (Phi) is 5.59. The van der Waals surface area contributed by atoms with E-state index < -0.39 is 29.3 Å². The van der Waals surface area contributed by atoms with Crippen LogP contribution in [0.1, 0.15) is 16.7 Å². The molecule has 0 fully saturated rings. The fourth-order valence-electron chi connectivity index (χ4n) is 4.22. The Bertz CT molecular complexity index is 1340. The van der Waals surface area contributed by atoms with E-state index in [1.54, 1.807) is 61.5 Å². The van der Waals surface area contributed by atoms with Crippen LogP contribution in [0, 0.1) is 6.92 Å². The normalized spacial score (nSPS) is 19.2. The summed E-state index contributed by atoms with van der Waals surface area (Å²) in [5.41, 5.74) is -2.29. The highest BCUT2D eigenvalue weighted by Gasteiger charge is 2.66. The zero-order valence-electron chi connectivity index (χ0n) is 18.4. The van der Waals surface area contributed by atoms with Crippen molar-refractivity contribution in [1.29, 1.82) is 0 Å². The second-order valence-corrected chi connectivity index (χ2v) is 9.22. The summed E-state index contributed by atoms with van der Waals surface area (Å²) in [7, 11) is 0. The number of esters is 1. The lowest BCUT2D eigenvalue weighted by atomic mass is 9.80. The van der Waals surface area contributed by atoms with E-state index in [2.05, 4.69) is 5.32 Å². The number of ether oxygens (including phenoxy) is 1. The molecule has 0 spiro atoms.